The number of nitrogens with zero attached hydrogens (tertiary/aromatic N) is 1. The monoisotopic (exact) mass is 225 g/mol. The molecule has 84 valence electrons. The molecule has 0 aliphatic carbocycles. The summed E-state index contributed by atoms with van der Waals surface area (Å²) in [4.78, 5) is 4.52. The highest BCUT2D eigenvalue weighted by atomic mass is 19.1. The Labute approximate surface area is 99.6 Å². The summed E-state index contributed by atoms with van der Waals surface area (Å²) in [5.74, 6) is -0.224. The third-order valence-corrected chi connectivity index (χ3v) is 3.12. The van der Waals surface area contributed by atoms with E-state index in [-0.39, 0.29) is 5.82 Å². The Morgan fingerprint density at radius 2 is 1.94 bits per heavy atom. The molecule has 0 N–H and O–H groups in total. The van der Waals surface area contributed by atoms with Crippen LogP contribution < -0.4 is 0 Å². The van der Waals surface area contributed by atoms with Crippen molar-refractivity contribution in [1.82, 2.24) is 0 Å². The van der Waals surface area contributed by atoms with Crippen molar-refractivity contribution in [3.8, 4) is 0 Å². The molecule has 0 bridgehead atoms. The molecule has 1 heterocycles. The minimum absolute atomic E-state index is 0.224. The number of rotatable bonds is 1. The molecule has 3 rings (SSSR count). The fourth-order valence-electron chi connectivity index (χ4n) is 2.21. The maximum atomic E-state index is 13.1. The second kappa shape index (κ2) is 3.81. The summed E-state index contributed by atoms with van der Waals surface area (Å²) in [5.41, 5.74) is 5.26. The van der Waals surface area contributed by atoms with Crippen molar-refractivity contribution in [1.29, 1.82) is 0 Å². The van der Waals surface area contributed by atoms with Crippen LogP contribution in [0.25, 0.3) is 0 Å². The molecule has 2 heteroatoms. The minimum atomic E-state index is -0.224. The lowest BCUT2D eigenvalue weighted by molar-refractivity contribution is 0.628. The highest BCUT2D eigenvalue weighted by molar-refractivity contribution is 6.07. The van der Waals surface area contributed by atoms with Crippen molar-refractivity contribution in [2.24, 2.45) is 4.99 Å². The van der Waals surface area contributed by atoms with Crippen LogP contribution in [-0.2, 0) is 6.42 Å². The summed E-state index contributed by atoms with van der Waals surface area (Å²) in [7, 11) is 0. The molecule has 0 saturated heterocycles. The van der Waals surface area contributed by atoms with Crippen molar-refractivity contribution in [3.63, 3.8) is 0 Å². The molecule has 0 unspecified atom stereocenters. The predicted molar refractivity (Wildman–Crippen MR) is 67.5 cm³/mol. The molecule has 0 saturated carbocycles. The molecule has 1 nitrogen and oxygen atoms in total. The first-order valence-electron chi connectivity index (χ1n) is 5.66. The first kappa shape index (κ1) is 10.2. The van der Waals surface area contributed by atoms with E-state index < -0.39 is 0 Å². The van der Waals surface area contributed by atoms with E-state index in [0.717, 1.165) is 28.9 Å². The Morgan fingerprint density at radius 1 is 1.12 bits per heavy atom. The van der Waals surface area contributed by atoms with Crippen molar-refractivity contribution in [3.05, 3.63) is 65.0 Å². The summed E-state index contributed by atoms with van der Waals surface area (Å²) in [6.45, 7) is 2.07. The van der Waals surface area contributed by atoms with Crippen molar-refractivity contribution < 1.29 is 4.39 Å². The molecule has 0 amide bonds. The van der Waals surface area contributed by atoms with Gasteiger partial charge in [-0.15, -0.1) is 0 Å². The zero-order chi connectivity index (χ0) is 11.8. The van der Waals surface area contributed by atoms with Gasteiger partial charge in [-0.3, -0.25) is 4.99 Å². The summed E-state index contributed by atoms with van der Waals surface area (Å²) >= 11 is 0. The molecule has 0 radical (unpaired) electrons. The molecule has 0 aromatic heterocycles. The van der Waals surface area contributed by atoms with E-state index in [9.17, 15) is 4.39 Å². The van der Waals surface area contributed by atoms with E-state index in [1.165, 1.54) is 17.7 Å². The topological polar surface area (TPSA) is 12.4 Å². The van der Waals surface area contributed by atoms with Gasteiger partial charge in [-0.1, -0.05) is 30.3 Å². The first-order valence-corrected chi connectivity index (χ1v) is 5.66. The van der Waals surface area contributed by atoms with Crippen molar-refractivity contribution in [2.45, 2.75) is 13.3 Å². The highest BCUT2D eigenvalue weighted by Gasteiger charge is 2.17. The lowest BCUT2D eigenvalue weighted by Gasteiger charge is -2.03. The van der Waals surface area contributed by atoms with E-state index in [2.05, 4.69) is 24.0 Å². The molecule has 2 aromatic rings. The zero-order valence-corrected chi connectivity index (χ0v) is 9.57. The number of benzene rings is 2. The molecule has 0 spiro atoms. The van der Waals surface area contributed by atoms with E-state index in [1.807, 2.05) is 18.2 Å². The smallest absolute Gasteiger partial charge is 0.125 e. The second-order valence-corrected chi connectivity index (χ2v) is 4.32. The van der Waals surface area contributed by atoms with Crippen LogP contribution in [0.4, 0.5) is 10.1 Å². The third kappa shape index (κ3) is 1.76. The average molecular weight is 225 g/mol. The quantitative estimate of drug-likeness (QED) is 0.699. The number of aliphatic imine (C=N–C) groups is 1. The second-order valence-electron chi connectivity index (χ2n) is 4.32. The first-order chi connectivity index (χ1) is 8.24. The van der Waals surface area contributed by atoms with Gasteiger partial charge in [-0.05, 0) is 35.7 Å². The van der Waals surface area contributed by atoms with Gasteiger partial charge >= 0.3 is 0 Å². The third-order valence-electron chi connectivity index (χ3n) is 3.12. The summed E-state index contributed by atoms with van der Waals surface area (Å²) in [6.07, 6.45) is 0.792. The zero-order valence-electron chi connectivity index (χ0n) is 9.57. The maximum Gasteiger partial charge on any atom is 0.125 e. The van der Waals surface area contributed by atoms with Gasteiger partial charge in [0.2, 0.25) is 0 Å². The molecule has 1 aliphatic heterocycles. The number of halogens is 1. The van der Waals surface area contributed by atoms with Gasteiger partial charge in [-0.2, -0.15) is 0 Å². The number of hydrogen-bond acceptors (Lipinski definition) is 1. The average Bonchev–Trinajstić information content (AvgIpc) is 2.72. The summed E-state index contributed by atoms with van der Waals surface area (Å²) < 4.78 is 13.1. The normalized spacial score (nSPS) is 13.4. The van der Waals surface area contributed by atoms with E-state index in [0.29, 0.717) is 0 Å². The number of hydrogen-bond donors (Lipinski definition) is 0. The van der Waals surface area contributed by atoms with E-state index in [4.69, 9.17) is 0 Å². The van der Waals surface area contributed by atoms with Crippen LogP contribution in [0.15, 0.2) is 47.5 Å². The summed E-state index contributed by atoms with van der Waals surface area (Å²) in [5, 5.41) is 0. The van der Waals surface area contributed by atoms with Crippen LogP contribution in [-0.4, -0.2) is 5.71 Å². The van der Waals surface area contributed by atoms with Gasteiger partial charge in [-0.25, -0.2) is 4.39 Å². The van der Waals surface area contributed by atoms with E-state index >= 15 is 0 Å². The standard InChI is InChI=1S/C15H12FN/c1-10-4-2-3-5-13(10)15-8-11-6-7-12(16)9-14(11)17-15/h2-7,9H,8H2,1H3. The van der Waals surface area contributed by atoms with Gasteiger partial charge in [0.1, 0.15) is 5.82 Å². The molecular weight excluding hydrogens is 213 g/mol. The van der Waals surface area contributed by atoms with Crippen LogP contribution in [0.1, 0.15) is 16.7 Å². The molecule has 0 atom stereocenters. The van der Waals surface area contributed by atoms with Crippen LogP contribution in [0.5, 0.6) is 0 Å². The van der Waals surface area contributed by atoms with Crippen molar-refractivity contribution >= 4 is 11.4 Å². The number of fused-ring (bicyclic) bond motifs is 1. The Kier molecular flexibility index (Phi) is 2.29. The molecule has 0 fully saturated rings. The van der Waals surface area contributed by atoms with Gasteiger partial charge < -0.3 is 0 Å². The van der Waals surface area contributed by atoms with Gasteiger partial charge in [0.05, 0.1) is 11.4 Å². The van der Waals surface area contributed by atoms with Gasteiger partial charge in [0, 0.05) is 6.42 Å². The molecule has 17 heavy (non-hydrogen) atoms. The van der Waals surface area contributed by atoms with Crippen LogP contribution in [0, 0.1) is 12.7 Å². The Hall–Kier alpha value is -1.96. The Bertz CT molecular complexity index is 614. The predicted octanol–water partition coefficient (Wildman–Crippen LogP) is 3.81. The molecule has 1 aliphatic rings. The largest absolute Gasteiger partial charge is 0.252 e. The molecular formula is C15H12FN. The fourth-order valence-corrected chi connectivity index (χ4v) is 2.21. The maximum absolute atomic E-state index is 13.1. The fraction of sp³-hybridized carbons (Fsp3) is 0.133. The van der Waals surface area contributed by atoms with Crippen molar-refractivity contribution in [2.75, 3.05) is 0 Å². The lowest BCUT2D eigenvalue weighted by Crippen LogP contribution is -2.02. The number of aryl methyl sites for hydroxylation is 1. The summed E-state index contributed by atoms with van der Waals surface area (Å²) in [6, 6.07) is 13.0. The van der Waals surface area contributed by atoms with E-state index in [1.54, 1.807) is 0 Å². The Morgan fingerprint density at radius 3 is 2.76 bits per heavy atom. The Balaban J connectivity index is 2.05. The minimum Gasteiger partial charge on any atom is -0.252 e. The van der Waals surface area contributed by atoms with Crippen LogP contribution in [0.3, 0.4) is 0 Å². The molecule has 2 aromatic carbocycles. The SMILES string of the molecule is Cc1ccccc1C1=Nc2cc(F)ccc2C1. The lowest BCUT2D eigenvalue weighted by atomic mass is 10.0. The van der Waals surface area contributed by atoms with Gasteiger partial charge in [0.15, 0.2) is 0 Å². The highest BCUT2D eigenvalue weighted by Crippen LogP contribution is 2.30. The van der Waals surface area contributed by atoms with Crippen LogP contribution >= 0.6 is 0 Å². The van der Waals surface area contributed by atoms with Gasteiger partial charge in [0.25, 0.3) is 0 Å². The van der Waals surface area contributed by atoms with Crippen LogP contribution in [0.2, 0.25) is 0 Å².